The van der Waals surface area contributed by atoms with Gasteiger partial charge in [0.1, 0.15) is 11.5 Å². The summed E-state index contributed by atoms with van der Waals surface area (Å²) in [4.78, 5) is 23.5. The minimum Gasteiger partial charge on any atom is -0.508 e. The van der Waals surface area contributed by atoms with E-state index in [1.165, 1.54) is 18.2 Å². The van der Waals surface area contributed by atoms with E-state index in [4.69, 9.17) is 9.52 Å². The number of phenolic OH excluding ortho intramolecular Hbond substituents is 1. The lowest BCUT2D eigenvalue weighted by molar-refractivity contribution is 0.0697. The summed E-state index contributed by atoms with van der Waals surface area (Å²) in [5.41, 5.74) is 0.927. The van der Waals surface area contributed by atoms with Crippen LogP contribution in [0, 0.1) is 0 Å². The first-order valence-electron chi connectivity index (χ1n) is 7.53. The maximum absolute atomic E-state index is 12.3. The van der Waals surface area contributed by atoms with Gasteiger partial charge in [-0.25, -0.2) is 4.79 Å². The van der Waals surface area contributed by atoms with Crippen LogP contribution in [0.2, 0.25) is 0 Å². The number of hydrogen-bond acceptors (Lipinski definition) is 4. The van der Waals surface area contributed by atoms with E-state index in [2.05, 4.69) is 5.32 Å². The van der Waals surface area contributed by atoms with Crippen molar-refractivity contribution in [1.82, 2.24) is 0 Å². The van der Waals surface area contributed by atoms with Gasteiger partial charge in [0.15, 0.2) is 5.76 Å². The Morgan fingerprint density at radius 2 is 1.76 bits per heavy atom. The number of furan rings is 1. The lowest BCUT2D eigenvalue weighted by Crippen LogP contribution is -2.14. The Bertz CT molecular complexity index is 915. The second kappa shape index (κ2) is 6.92. The van der Waals surface area contributed by atoms with Crippen LogP contribution >= 0.6 is 0 Å². The summed E-state index contributed by atoms with van der Waals surface area (Å²) in [7, 11) is 0. The van der Waals surface area contributed by atoms with E-state index in [9.17, 15) is 14.7 Å². The SMILES string of the molecule is O=C(Nc1ccc(O)cc1C(=O)O)c1ccc(Cc2ccccc2)o1. The average molecular weight is 337 g/mol. The van der Waals surface area contributed by atoms with Gasteiger partial charge in [-0.15, -0.1) is 0 Å². The summed E-state index contributed by atoms with van der Waals surface area (Å²) in [6.07, 6.45) is 0.549. The van der Waals surface area contributed by atoms with E-state index in [0.29, 0.717) is 12.2 Å². The van der Waals surface area contributed by atoms with Crippen LogP contribution in [-0.4, -0.2) is 22.1 Å². The molecule has 3 rings (SSSR count). The van der Waals surface area contributed by atoms with Crippen molar-refractivity contribution in [2.24, 2.45) is 0 Å². The molecule has 0 spiro atoms. The van der Waals surface area contributed by atoms with Crippen molar-refractivity contribution in [1.29, 1.82) is 0 Å². The van der Waals surface area contributed by atoms with Crippen molar-refractivity contribution < 1.29 is 24.2 Å². The summed E-state index contributed by atoms with van der Waals surface area (Å²) < 4.78 is 5.54. The molecule has 6 heteroatoms. The topological polar surface area (TPSA) is 99.8 Å². The largest absolute Gasteiger partial charge is 0.508 e. The Balaban J connectivity index is 1.75. The number of carbonyl (C=O) groups is 2. The van der Waals surface area contributed by atoms with E-state index in [0.717, 1.165) is 11.6 Å². The van der Waals surface area contributed by atoms with Crippen molar-refractivity contribution in [2.75, 3.05) is 5.32 Å². The molecule has 0 saturated carbocycles. The molecule has 126 valence electrons. The Kier molecular flexibility index (Phi) is 4.52. The van der Waals surface area contributed by atoms with Crippen molar-refractivity contribution in [3.63, 3.8) is 0 Å². The Labute approximate surface area is 143 Å². The van der Waals surface area contributed by atoms with Crippen molar-refractivity contribution >= 4 is 17.6 Å². The first-order chi connectivity index (χ1) is 12.0. The molecule has 0 atom stereocenters. The molecule has 0 aliphatic heterocycles. The number of anilines is 1. The third-order valence-corrected chi connectivity index (χ3v) is 3.59. The summed E-state index contributed by atoms with van der Waals surface area (Å²) in [6, 6.07) is 16.6. The predicted octanol–water partition coefficient (Wildman–Crippen LogP) is 3.53. The first-order valence-corrected chi connectivity index (χ1v) is 7.53. The number of aromatic carboxylic acids is 1. The van der Waals surface area contributed by atoms with Crippen LogP contribution in [-0.2, 0) is 6.42 Å². The standard InChI is InChI=1S/C19H15NO5/c21-13-6-8-16(15(11-13)19(23)24)20-18(22)17-9-7-14(25-17)10-12-4-2-1-3-5-12/h1-9,11,21H,10H2,(H,20,22)(H,23,24). The van der Waals surface area contributed by atoms with Crippen LogP contribution in [0.3, 0.4) is 0 Å². The van der Waals surface area contributed by atoms with Gasteiger partial charge < -0.3 is 19.9 Å². The Morgan fingerprint density at radius 1 is 1.00 bits per heavy atom. The van der Waals surface area contributed by atoms with Gasteiger partial charge in [0.25, 0.3) is 5.91 Å². The smallest absolute Gasteiger partial charge is 0.337 e. The van der Waals surface area contributed by atoms with Crippen LogP contribution in [0.25, 0.3) is 0 Å². The maximum atomic E-state index is 12.3. The summed E-state index contributed by atoms with van der Waals surface area (Å²) in [5.74, 6) is -1.31. The number of nitrogens with one attached hydrogen (secondary N) is 1. The lowest BCUT2D eigenvalue weighted by Gasteiger charge is -2.07. The number of carbonyl (C=O) groups excluding carboxylic acids is 1. The van der Waals surface area contributed by atoms with E-state index in [-0.39, 0.29) is 22.8 Å². The molecular weight excluding hydrogens is 322 g/mol. The van der Waals surface area contributed by atoms with E-state index in [1.807, 2.05) is 30.3 Å². The molecular formula is C19H15NO5. The fraction of sp³-hybridized carbons (Fsp3) is 0.0526. The van der Waals surface area contributed by atoms with Gasteiger partial charge in [0, 0.05) is 6.42 Å². The molecule has 25 heavy (non-hydrogen) atoms. The normalized spacial score (nSPS) is 10.4. The number of benzene rings is 2. The van der Waals surface area contributed by atoms with Crippen LogP contribution in [0.1, 0.15) is 32.2 Å². The molecule has 1 aromatic heterocycles. The Hall–Kier alpha value is -3.54. The molecule has 0 saturated heterocycles. The van der Waals surface area contributed by atoms with Crippen molar-refractivity contribution in [3.8, 4) is 5.75 Å². The highest BCUT2D eigenvalue weighted by atomic mass is 16.4. The number of aromatic hydroxyl groups is 1. The predicted molar refractivity (Wildman–Crippen MR) is 91.0 cm³/mol. The minimum absolute atomic E-state index is 0.0790. The van der Waals surface area contributed by atoms with E-state index < -0.39 is 11.9 Å². The van der Waals surface area contributed by atoms with Gasteiger partial charge in [0.05, 0.1) is 11.3 Å². The number of phenols is 1. The summed E-state index contributed by atoms with van der Waals surface area (Å²) >= 11 is 0. The van der Waals surface area contributed by atoms with Crippen LogP contribution in [0.5, 0.6) is 5.75 Å². The molecule has 0 fully saturated rings. The van der Waals surface area contributed by atoms with Gasteiger partial charge in [0.2, 0.25) is 0 Å². The quantitative estimate of drug-likeness (QED) is 0.619. The third-order valence-electron chi connectivity index (χ3n) is 3.59. The number of amides is 1. The molecule has 0 bridgehead atoms. The van der Waals surface area contributed by atoms with Gasteiger partial charge in [-0.2, -0.15) is 0 Å². The molecule has 2 aromatic carbocycles. The van der Waals surface area contributed by atoms with Gasteiger partial charge in [-0.3, -0.25) is 4.79 Å². The third kappa shape index (κ3) is 3.87. The molecule has 0 radical (unpaired) electrons. The number of rotatable bonds is 5. The second-order valence-corrected chi connectivity index (χ2v) is 5.42. The van der Waals surface area contributed by atoms with Crippen molar-refractivity contribution in [3.05, 3.63) is 83.3 Å². The highest BCUT2D eigenvalue weighted by Crippen LogP contribution is 2.22. The molecule has 3 N–H and O–H groups in total. The maximum Gasteiger partial charge on any atom is 0.337 e. The van der Waals surface area contributed by atoms with Crippen molar-refractivity contribution in [2.45, 2.75) is 6.42 Å². The minimum atomic E-state index is -1.25. The number of carboxylic acids is 1. The molecule has 1 heterocycles. The second-order valence-electron chi connectivity index (χ2n) is 5.42. The van der Waals surface area contributed by atoms with E-state index >= 15 is 0 Å². The molecule has 3 aromatic rings. The molecule has 6 nitrogen and oxygen atoms in total. The molecule has 0 aliphatic carbocycles. The van der Waals surface area contributed by atoms with Crippen LogP contribution < -0.4 is 5.32 Å². The molecule has 0 aliphatic rings. The zero-order valence-corrected chi connectivity index (χ0v) is 13.1. The first kappa shape index (κ1) is 16.3. The number of hydrogen-bond donors (Lipinski definition) is 3. The zero-order chi connectivity index (χ0) is 17.8. The zero-order valence-electron chi connectivity index (χ0n) is 13.1. The summed E-state index contributed by atoms with van der Waals surface area (Å²) in [6.45, 7) is 0. The lowest BCUT2D eigenvalue weighted by atomic mass is 10.1. The number of carboxylic acid groups (broad SMARTS) is 1. The van der Waals surface area contributed by atoms with Gasteiger partial charge in [-0.05, 0) is 35.9 Å². The highest BCUT2D eigenvalue weighted by molar-refractivity contribution is 6.06. The molecule has 1 amide bonds. The van der Waals surface area contributed by atoms with Crippen LogP contribution in [0.4, 0.5) is 5.69 Å². The van der Waals surface area contributed by atoms with E-state index in [1.54, 1.807) is 6.07 Å². The fourth-order valence-electron chi connectivity index (χ4n) is 2.39. The monoisotopic (exact) mass is 337 g/mol. The summed E-state index contributed by atoms with van der Waals surface area (Å²) in [5, 5.41) is 21.0. The highest BCUT2D eigenvalue weighted by Gasteiger charge is 2.17. The fourth-order valence-corrected chi connectivity index (χ4v) is 2.39. The molecule has 0 unspecified atom stereocenters. The Morgan fingerprint density at radius 3 is 2.48 bits per heavy atom. The van der Waals surface area contributed by atoms with Gasteiger partial charge in [-0.1, -0.05) is 30.3 Å². The average Bonchev–Trinajstić information content (AvgIpc) is 3.06. The van der Waals surface area contributed by atoms with Gasteiger partial charge >= 0.3 is 5.97 Å². The van der Waals surface area contributed by atoms with Crippen LogP contribution in [0.15, 0.2) is 65.1 Å².